The molecule has 0 fully saturated rings. The van der Waals surface area contributed by atoms with Crippen molar-refractivity contribution in [3.05, 3.63) is 65.2 Å². The van der Waals surface area contributed by atoms with Crippen LogP contribution in [0, 0.1) is 13.8 Å². The first-order chi connectivity index (χ1) is 12.6. The zero-order valence-corrected chi connectivity index (χ0v) is 17.4. The number of carbonyl (C=O) groups excluding carboxylic acids is 1. The predicted molar refractivity (Wildman–Crippen MR) is 110 cm³/mol. The van der Waals surface area contributed by atoms with Crippen molar-refractivity contribution < 1.29 is 13.2 Å². The van der Waals surface area contributed by atoms with Gasteiger partial charge in [0.1, 0.15) is 6.04 Å². The molecule has 0 spiro atoms. The topological polar surface area (TPSA) is 66.5 Å². The van der Waals surface area contributed by atoms with Gasteiger partial charge in [0.25, 0.3) is 0 Å². The van der Waals surface area contributed by atoms with Crippen LogP contribution in [0.3, 0.4) is 0 Å². The standard InChI is InChI=1S/C21H28N2O3S/c1-6-20(21(24)22-17(4)18-12-10-15(2)11-13-18)23(27(5,25)26)19-9-7-8-16(3)14-19/h7-14,17,20H,6H2,1-5H3,(H,22,24)/t17-,20+/m1/s1. The minimum Gasteiger partial charge on any atom is -0.348 e. The Morgan fingerprint density at radius 3 is 2.22 bits per heavy atom. The molecule has 0 heterocycles. The Morgan fingerprint density at radius 2 is 1.70 bits per heavy atom. The van der Waals surface area contributed by atoms with Crippen LogP contribution in [0.4, 0.5) is 5.69 Å². The van der Waals surface area contributed by atoms with Crippen molar-refractivity contribution >= 4 is 21.6 Å². The number of hydrogen-bond donors (Lipinski definition) is 1. The van der Waals surface area contributed by atoms with Crippen LogP contribution < -0.4 is 9.62 Å². The lowest BCUT2D eigenvalue weighted by molar-refractivity contribution is -0.122. The van der Waals surface area contributed by atoms with Crippen LogP contribution in [0.1, 0.15) is 43.0 Å². The van der Waals surface area contributed by atoms with E-state index in [2.05, 4.69) is 5.32 Å². The highest BCUT2D eigenvalue weighted by atomic mass is 32.2. The first-order valence-electron chi connectivity index (χ1n) is 9.06. The normalized spacial score (nSPS) is 13.7. The van der Waals surface area contributed by atoms with Crippen molar-refractivity contribution in [3.8, 4) is 0 Å². The Hall–Kier alpha value is -2.34. The number of rotatable bonds is 7. The van der Waals surface area contributed by atoms with E-state index in [0.717, 1.165) is 22.9 Å². The van der Waals surface area contributed by atoms with Gasteiger partial charge in [-0.15, -0.1) is 0 Å². The van der Waals surface area contributed by atoms with E-state index >= 15 is 0 Å². The van der Waals surface area contributed by atoms with Crippen LogP contribution in [0.25, 0.3) is 0 Å². The fourth-order valence-corrected chi connectivity index (χ4v) is 4.28. The third-order valence-electron chi connectivity index (χ3n) is 4.52. The van der Waals surface area contributed by atoms with Crippen LogP contribution >= 0.6 is 0 Å². The van der Waals surface area contributed by atoms with E-state index in [-0.39, 0.29) is 11.9 Å². The Kier molecular flexibility index (Phi) is 6.65. The second-order valence-corrected chi connectivity index (χ2v) is 8.82. The van der Waals surface area contributed by atoms with Gasteiger partial charge >= 0.3 is 0 Å². The second kappa shape index (κ2) is 8.57. The summed E-state index contributed by atoms with van der Waals surface area (Å²) in [5.74, 6) is -0.308. The Morgan fingerprint density at radius 1 is 1.07 bits per heavy atom. The minimum absolute atomic E-state index is 0.217. The van der Waals surface area contributed by atoms with Crippen LogP contribution in [0.5, 0.6) is 0 Å². The molecule has 0 aromatic heterocycles. The van der Waals surface area contributed by atoms with Gasteiger partial charge in [0, 0.05) is 0 Å². The van der Waals surface area contributed by atoms with E-state index in [1.807, 2.05) is 58.0 Å². The number of nitrogens with zero attached hydrogens (tertiary/aromatic N) is 1. The van der Waals surface area contributed by atoms with Gasteiger partial charge in [-0.2, -0.15) is 0 Å². The van der Waals surface area contributed by atoms with Gasteiger partial charge in [0.15, 0.2) is 0 Å². The second-order valence-electron chi connectivity index (χ2n) is 6.96. The minimum atomic E-state index is -3.62. The maximum atomic E-state index is 13.0. The molecule has 27 heavy (non-hydrogen) atoms. The number of hydrogen-bond acceptors (Lipinski definition) is 3. The van der Waals surface area contributed by atoms with E-state index in [0.29, 0.717) is 12.1 Å². The quantitative estimate of drug-likeness (QED) is 0.786. The fraction of sp³-hybridized carbons (Fsp3) is 0.381. The third kappa shape index (κ3) is 5.32. The molecule has 6 heteroatoms. The van der Waals surface area contributed by atoms with Crippen molar-refractivity contribution in [3.63, 3.8) is 0 Å². The smallest absolute Gasteiger partial charge is 0.244 e. The van der Waals surface area contributed by atoms with Gasteiger partial charge in [0.05, 0.1) is 18.0 Å². The highest BCUT2D eigenvalue weighted by Crippen LogP contribution is 2.24. The SMILES string of the molecule is CC[C@@H](C(=O)N[C@H](C)c1ccc(C)cc1)N(c1cccc(C)c1)S(C)(=O)=O. The average Bonchev–Trinajstić information content (AvgIpc) is 2.58. The molecular formula is C21H28N2O3S. The molecule has 2 aromatic carbocycles. The number of amides is 1. The first-order valence-corrected chi connectivity index (χ1v) is 10.9. The van der Waals surface area contributed by atoms with Crippen LogP contribution in [0.15, 0.2) is 48.5 Å². The molecule has 0 bridgehead atoms. The Bertz CT molecular complexity index is 892. The summed E-state index contributed by atoms with van der Waals surface area (Å²) in [5.41, 5.74) is 3.56. The number of sulfonamides is 1. The number of benzene rings is 2. The van der Waals surface area contributed by atoms with E-state index in [9.17, 15) is 13.2 Å². The first kappa shape index (κ1) is 21.0. The van der Waals surface area contributed by atoms with Crippen molar-refractivity contribution in [2.45, 2.75) is 46.2 Å². The molecule has 1 N–H and O–H groups in total. The van der Waals surface area contributed by atoms with Gasteiger partial charge in [0.2, 0.25) is 15.9 Å². The summed E-state index contributed by atoms with van der Waals surface area (Å²) in [7, 11) is -3.62. The van der Waals surface area contributed by atoms with Crippen molar-refractivity contribution in [1.29, 1.82) is 0 Å². The predicted octanol–water partition coefficient (Wildman–Crippen LogP) is 3.73. The molecule has 146 valence electrons. The van der Waals surface area contributed by atoms with E-state index in [1.165, 1.54) is 4.31 Å². The fourth-order valence-electron chi connectivity index (χ4n) is 3.07. The largest absolute Gasteiger partial charge is 0.348 e. The maximum absolute atomic E-state index is 13.0. The van der Waals surface area contributed by atoms with Gasteiger partial charge in [-0.1, -0.05) is 48.9 Å². The number of carbonyl (C=O) groups is 1. The number of anilines is 1. The zero-order chi connectivity index (χ0) is 20.2. The summed E-state index contributed by atoms with van der Waals surface area (Å²) in [5, 5.41) is 2.96. The molecular weight excluding hydrogens is 360 g/mol. The molecule has 5 nitrogen and oxygen atoms in total. The van der Waals surface area contributed by atoms with Crippen molar-refractivity contribution in [2.75, 3.05) is 10.6 Å². The summed E-state index contributed by atoms with van der Waals surface area (Å²) in [4.78, 5) is 13.0. The van der Waals surface area contributed by atoms with Crippen LogP contribution in [0.2, 0.25) is 0 Å². The lowest BCUT2D eigenvalue weighted by Crippen LogP contribution is -2.49. The number of nitrogens with one attached hydrogen (secondary N) is 1. The molecule has 1 amide bonds. The molecule has 0 aliphatic carbocycles. The highest BCUT2D eigenvalue weighted by Gasteiger charge is 2.32. The molecule has 0 aliphatic rings. The van der Waals surface area contributed by atoms with Gasteiger partial charge in [-0.3, -0.25) is 9.10 Å². The van der Waals surface area contributed by atoms with Crippen molar-refractivity contribution in [1.82, 2.24) is 5.32 Å². The van der Waals surface area contributed by atoms with Gasteiger partial charge in [-0.25, -0.2) is 8.42 Å². The lowest BCUT2D eigenvalue weighted by Gasteiger charge is -2.31. The summed E-state index contributed by atoms with van der Waals surface area (Å²) < 4.78 is 26.2. The van der Waals surface area contributed by atoms with E-state index in [1.54, 1.807) is 18.2 Å². The Labute approximate surface area is 162 Å². The molecule has 0 unspecified atom stereocenters. The zero-order valence-electron chi connectivity index (χ0n) is 16.6. The summed E-state index contributed by atoms with van der Waals surface area (Å²) in [6.45, 7) is 7.61. The number of aryl methyl sites for hydroxylation is 2. The summed E-state index contributed by atoms with van der Waals surface area (Å²) >= 11 is 0. The highest BCUT2D eigenvalue weighted by molar-refractivity contribution is 7.92. The summed E-state index contributed by atoms with van der Waals surface area (Å²) in [6.07, 6.45) is 1.50. The molecule has 0 aliphatic heterocycles. The average molecular weight is 389 g/mol. The molecule has 2 aromatic rings. The van der Waals surface area contributed by atoms with Crippen LogP contribution in [-0.2, 0) is 14.8 Å². The molecule has 0 radical (unpaired) electrons. The molecule has 0 saturated heterocycles. The third-order valence-corrected chi connectivity index (χ3v) is 5.70. The molecule has 2 atom stereocenters. The monoisotopic (exact) mass is 388 g/mol. The van der Waals surface area contributed by atoms with Crippen molar-refractivity contribution in [2.24, 2.45) is 0 Å². The Balaban J connectivity index is 2.30. The van der Waals surface area contributed by atoms with Gasteiger partial charge in [-0.05, 0) is 50.5 Å². The summed E-state index contributed by atoms with van der Waals surface area (Å²) in [6, 6.07) is 14.1. The lowest BCUT2D eigenvalue weighted by atomic mass is 10.1. The maximum Gasteiger partial charge on any atom is 0.244 e. The van der Waals surface area contributed by atoms with Gasteiger partial charge < -0.3 is 5.32 Å². The molecule has 2 rings (SSSR count). The molecule has 0 saturated carbocycles. The van der Waals surface area contributed by atoms with E-state index < -0.39 is 16.1 Å². The van der Waals surface area contributed by atoms with Crippen LogP contribution in [-0.4, -0.2) is 26.6 Å². The van der Waals surface area contributed by atoms with E-state index in [4.69, 9.17) is 0 Å².